The number of anilines is 1. The van der Waals surface area contributed by atoms with Gasteiger partial charge >= 0.3 is 0 Å². The number of hydrogen-bond donors (Lipinski definition) is 0. The van der Waals surface area contributed by atoms with Crippen molar-refractivity contribution < 1.29 is 8.42 Å². The van der Waals surface area contributed by atoms with Gasteiger partial charge in [-0.05, 0) is 55.2 Å². The predicted octanol–water partition coefficient (Wildman–Crippen LogP) is 2.99. The van der Waals surface area contributed by atoms with Gasteiger partial charge in [0.2, 0.25) is 0 Å². The van der Waals surface area contributed by atoms with Gasteiger partial charge in [-0.2, -0.15) is 5.26 Å². The summed E-state index contributed by atoms with van der Waals surface area (Å²) in [5, 5.41) is 19.2. The average molecular weight is 524 g/mol. The van der Waals surface area contributed by atoms with Crippen molar-refractivity contribution in [3.63, 3.8) is 0 Å². The molecule has 0 bridgehead atoms. The Balaban J connectivity index is 1.28. The zero-order chi connectivity index (χ0) is 25.0. The SMILES string of the molecule is Cc1ccc(N2CCC(c3nnc4n3-c3ccc(Cl)cc3CN(C3CS(=O)(=O)C3)C4)CC2)nc1C#N. The number of fused-ring (bicyclic) bond motifs is 3. The van der Waals surface area contributed by atoms with Crippen molar-refractivity contribution in [3.05, 3.63) is 63.8 Å². The Bertz CT molecular complexity index is 1480. The molecule has 9 nitrogen and oxygen atoms in total. The lowest BCUT2D eigenvalue weighted by Gasteiger charge is -2.35. The van der Waals surface area contributed by atoms with Gasteiger partial charge in [0.05, 0.1) is 23.7 Å². The zero-order valence-electron chi connectivity index (χ0n) is 19.9. The number of nitriles is 1. The van der Waals surface area contributed by atoms with E-state index in [4.69, 9.17) is 11.6 Å². The van der Waals surface area contributed by atoms with E-state index >= 15 is 0 Å². The lowest BCUT2D eigenvalue weighted by Crippen LogP contribution is -2.52. The summed E-state index contributed by atoms with van der Waals surface area (Å²) < 4.78 is 25.9. The molecule has 3 aromatic rings. The van der Waals surface area contributed by atoms with Crippen molar-refractivity contribution in [3.8, 4) is 11.8 Å². The van der Waals surface area contributed by atoms with Gasteiger partial charge in [0.1, 0.15) is 23.4 Å². The van der Waals surface area contributed by atoms with Crippen molar-refractivity contribution >= 4 is 27.3 Å². The van der Waals surface area contributed by atoms with Gasteiger partial charge < -0.3 is 4.90 Å². The third-order valence-electron chi connectivity index (χ3n) is 7.54. The first kappa shape index (κ1) is 23.4. The van der Waals surface area contributed by atoms with Gasteiger partial charge in [-0.3, -0.25) is 9.47 Å². The van der Waals surface area contributed by atoms with Crippen LogP contribution < -0.4 is 4.90 Å². The number of sulfone groups is 1. The molecule has 0 unspecified atom stereocenters. The fourth-order valence-electron chi connectivity index (χ4n) is 5.50. The average Bonchev–Trinajstić information content (AvgIpc) is 3.18. The number of piperidine rings is 1. The standard InChI is InChI=1S/C25H26ClN7O2S/c1-16-2-5-23(28-21(16)11-27)31-8-6-17(7-9-31)25-30-29-24-13-32(20-14-36(34,35)15-20)12-18-10-19(26)3-4-22(18)33(24)25/h2-5,10,17,20H,6-9,12-15H2,1H3. The zero-order valence-corrected chi connectivity index (χ0v) is 21.5. The van der Waals surface area contributed by atoms with Crippen LogP contribution in [0.2, 0.25) is 5.02 Å². The lowest BCUT2D eigenvalue weighted by molar-refractivity contribution is 0.193. The molecule has 6 rings (SSSR count). The van der Waals surface area contributed by atoms with Gasteiger partial charge in [0.25, 0.3) is 0 Å². The maximum atomic E-state index is 11.9. The van der Waals surface area contributed by atoms with Gasteiger partial charge in [0.15, 0.2) is 15.7 Å². The molecule has 11 heteroatoms. The largest absolute Gasteiger partial charge is 0.357 e. The van der Waals surface area contributed by atoms with E-state index in [-0.39, 0.29) is 23.5 Å². The molecule has 2 fully saturated rings. The molecular formula is C25H26ClN7O2S. The molecule has 2 saturated heterocycles. The molecule has 0 saturated carbocycles. The summed E-state index contributed by atoms with van der Waals surface area (Å²) in [4.78, 5) is 8.95. The minimum atomic E-state index is -2.94. The summed E-state index contributed by atoms with van der Waals surface area (Å²) in [5.74, 6) is 3.19. The van der Waals surface area contributed by atoms with Crippen molar-refractivity contribution in [2.45, 2.75) is 44.8 Å². The molecule has 2 aromatic heterocycles. The second-order valence-electron chi connectivity index (χ2n) is 9.93. The highest BCUT2D eigenvalue weighted by Crippen LogP contribution is 2.35. The molecule has 186 valence electrons. The molecular weight excluding hydrogens is 498 g/mol. The van der Waals surface area contributed by atoms with Crippen molar-refractivity contribution in [2.24, 2.45) is 0 Å². The molecule has 36 heavy (non-hydrogen) atoms. The van der Waals surface area contributed by atoms with E-state index in [2.05, 4.69) is 35.6 Å². The number of benzene rings is 1. The molecule has 1 aromatic carbocycles. The van der Waals surface area contributed by atoms with E-state index in [1.54, 1.807) is 0 Å². The highest BCUT2D eigenvalue weighted by Gasteiger charge is 2.40. The third-order valence-corrected chi connectivity index (χ3v) is 9.56. The number of pyridine rings is 1. The second-order valence-corrected chi connectivity index (χ2v) is 12.5. The summed E-state index contributed by atoms with van der Waals surface area (Å²) in [6, 6.07) is 12.0. The minimum Gasteiger partial charge on any atom is -0.357 e. The van der Waals surface area contributed by atoms with Crippen LogP contribution in [0.25, 0.3) is 5.69 Å². The maximum Gasteiger partial charge on any atom is 0.153 e. The molecule has 3 aliphatic heterocycles. The number of hydrogen-bond acceptors (Lipinski definition) is 8. The Morgan fingerprint density at radius 3 is 2.58 bits per heavy atom. The number of aromatic nitrogens is 4. The predicted molar refractivity (Wildman–Crippen MR) is 136 cm³/mol. The Morgan fingerprint density at radius 2 is 1.86 bits per heavy atom. The van der Waals surface area contributed by atoms with E-state index in [0.29, 0.717) is 23.8 Å². The molecule has 0 atom stereocenters. The van der Waals surface area contributed by atoms with E-state index < -0.39 is 9.84 Å². The van der Waals surface area contributed by atoms with E-state index in [0.717, 1.165) is 60.2 Å². The van der Waals surface area contributed by atoms with Crippen LogP contribution in [0.3, 0.4) is 0 Å². The molecule has 0 radical (unpaired) electrons. The summed E-state index contributed by atoms with van der Waals surface area (Å²) in [7, 11) is -2.94. The number of nitrogens with zero attached hydrogens (tertiary/aromatic N) is 7. The van der Waals surface area contributed by atoms with Gasteiger partial charge in [0, 0.05) is 36.6 Å². The fraction of sp³-hybridized carbons (Fsp3) is 0.440. The summed E-state index contributed by atoms with van der Waals surface area (Å²) >= 11 is 6.36. The van der Waals surface area contributed by atoms with Crippen molar-refractivity contribution in [1.29, 1.82) is 5.26 Å². The highest BCUT2D eigenvalue weighted by molar-refractivity contribution is 7.92. The van der Waals surface area contributed by atoms with Gasteiger partial charge in [-0.1, -0.05) is 17.7 Å². The topological polar surface area (TPSA) is 108 Å². The third kappa shape index (κ3) is 4.15. The van der Waals surface area contributed by atoms with E-state index in [1.807, 2.05) is 37.3 Å². The Morgan fingerprint density at radius 1 is 1.08 bits per heavy atom. The van der Waals surface area contributed by atoms with Crippen LogP contribution in [0, 0.1) is 18.3 Å². The number of rotatable bonds is 3. The molecule has 0 aliphatic carbocycles. The van der Waals surface area contributed by atoms with Crippen molar-refractivity contribution in [1.82, 2.24) is 24.6 Å². The second kappa shape index (κ2) is 8.83. The molecule has 0 amide bonds. The first-order valence-electron chi connectivity index (χ1n) is 12.1. The van der Waals surface area contributed by atoms with E-state index in [1.165, 1.54) is 0 Å². The Hall–Kier alpha value is -3.00. The molecule has 0 N–H and O–H groups in total. The normalized spacial score (nSPS) is 20.2. The van der Waals surface area contributed by atoms with Crippen LogP contribution in [0.4, 0.5) is 5.82 Å². The monoisotopic (exact) mass is 523 g/mol. The van der Waals surface area contributed by atoms with Crippen LogP contribution in [0.15, 0.2) is 30.3 Å². The quantitative estimate of drug-likeness (QED) is 0.515. The summed E-state index contributed by atoms with van der Waals surface area (Å²) in [6.45, 7) is 4.69. The Kier molecular flexibility index (Phi) is 5.74. The van der Waals surface area contributed by atoms with Crippen LogP contribution in [0.1, 0.15) is 47.2 Å². The smallest absolute Gasteiger partial charge is 0.153 e. The van der Waals surface area contributed by atoms with Gasteiger partial charge in [-0.25, -0.2) is 13.4 Å². The first-order chi connectivity index (χ1) is 17.3. The minimum absolute atomic E-state index is 0.0166. The first-order valence-corrected chi connectivity index (χ1v) is 14.3. The molecule has 0 spiro atoms. The van der Waals surface area contributed by atoms with Crippen LogP contribution >= 0.6 is 11.6 Å². The van der Waals surface area contributed by atoms with Crippen LogP contribution in [-0.4, -0.2) is 63.7 Å². The lowest BCUT2D eigenvalue weighted by atomic mass is 9.95. The highest BCUT2D eigenvalue weighted by atomic mass is 35.5. The summed E-state index contributed by atoms with van der Waals surface area (Å²) in [6.07, 6.45) is 1.78. The summed E-state index contributed by atoms with van der Waals surface area (Å²) in [5.41, 5.74) is 3.42. The molecule has 5 heterocycles. The van der Waals surface area contributed by atoms with Crippen molar-refractivity contribution in [2.75, 3.05) is 29.5 Å². The van der Waals surface area contributed by atoms with Crippen LogP contribution in [0.5, 0.6) is 0 Å². The number of halogens is 1. The Labute approximate surface area is 215 Å². The fourth-order valence-corrected chi connectivity index (χ4v) is 7.19. The van der Waals surface area contributed by atoms with Gasteiger partial charge in [-0.15, -0.1) is 10.2 Å². The maximum absolute atomic E-state index is 11.9. The molecule has 3 aliphatic rings. The number of aryl methyl sites for hydroxylation is 1. The van der Waals surface area contributed by atoms with E-state index in [9.17, 15) is 13.7 Å². The van der Waals surface area contributed by atoms with Crippen LogP contribution in [-0.2, 0) is 22.9 Å².